The highest BCUT2D eigenvalue weighted by Gasteiger charge is 2.49. The van der Waals surface area contributed by atoms with Crippen LogP contribution in [-0.4, -0.2) is 21.7 Å². The molecule has 0 radical (unpaired) electrons. The van der Waals surface area contributed by atoms with Gasteiger partial charge in [-0.25, -0.2) is 9.98 Å². The summed E-state index contributed by atoms with van der Waals surface area (Å²) < 4.78 is 13.1. The molecule has 0 saturated carbocycles. The van der Waals surface area contributed by atoms with Crippen LogP contribution in [0.3, 0.4) is 0 Å². The monoisotopic (exact) mass is 760 g/mol. The van der Waals surface area contributed by atoms with Crippen LogP contribution in [0.1, 0.15) is 93.2 Å². The Morgan fingerprint density at radius 2 is 0.891 bits per heavy atom. The van der Waals surface area contributed by atoms with Crippen molar-refractivity contribution in [3.05, 3.63) is 200 Å². The van der Waals surface area contributed by atoms with E-state index in [0.717, 1.165) is 62.4 Å². The topological polar surface area (TPSA) is 76.8 Å². The zero-order valence-electron chi connectivity index (χ0n) is 30.4. The quantitative estimate of drug-likeness (QED) is 0.162. The van der Waals surface area contributed by atoms with Gasteiger partial charge in [-0.1, -0.05) is 149 Å². The molecule has 2 aromatic heterocycles. The maximum Gasteiger partial charge on any atom is 0.166 e. The van der Waals surface area contributed by atoms with Crippen molar-refractivity contribution in [2.24, 2.45) is 9.98 Å². The molecule has 9 rings (SSSR count). The molecule has 272 valence electrons. The van der Waals surface area contributed by atoms with Gasteiger partial charge in [0.25, 0.3) is 0 Å². The zero-order chi connectivity index (χ0) is 37.5. The number of aryl methyl sites for hydroxylation is 2. The van der Waals surface area contributed by atoms with E-state index in [4.69, 9.17) is 42.2 Å². The molecule has 0 saturated heterocycles. The third kappa shape index (κ3) is 6.75. The Labute approximate surface area is 330 Å². The van der Waals surface area contributed by atoms with Gasteiger partial charge < -0.3 is 9.05 Å². The molecule has 5 aromatic carbocycles. The second kappa shape index (κ2) is 14.9. The molecule has 0 aliphatic carbocycles. The summed E-state index contributed by atoms with van der Waals surface area (Å²) in [5.74, 6) is 0.709. The number of hydrogen-bond acceptors (Lipinski definition) is 6. The van der Waals surface area contributed by atoms with Crippen molar-refractivity contribution in [2.75, 3.05) is 0 Å². The van der Waals surface area contributed by atoms with E-state index in [2.05, 4.69) is 126 Å². The fourth-order valence-corrected chi connectivity index (χ4v) is 8.96. The van der Waals surface area contributed by atoms with Gasteiger partial charge in [0.2, 0.25) is 0 Å². The van der Waals surface area contributed by atoms with Gasteiger partial charge in [-0.2, -0.15) is 0 Å². The third-order valence-electron chi connectivity index (χ3n) is 11.3. The number of benzene rings is 5. The minimum atomic E-state index is -0.235. The molecular weight excluding hydrogens is 723 g/mol. The molecule has 0 amide bonds. The normalized spacial score (nSPS) is 20.0. The van der Waals surface area contributed by atoms with E-state index in [9.17, 15) is 0 Å². The van der Waals surface area contributed by atoms with E-state index in [1.54, 1.807) is 0 Å². The number of fused-ring (bicyclic) bond motifs is 2. The van der Waals surface area contributed by atoms with Gasteiger partial charge in [-0.15, -0.1) is 0 Å². The molecule has 4 atom stereocenters. The molecule has 2 aliphatic heterocycles. The Bertz CT molecular complexity index is 2340. The first kappa shape index (κ1) is 35.2. The number of aliphatic imine (C=N–C) groups is 2. The predicted molar refractivity (Wildman–Crippen MR) is 220 cm³/mol. The molecule has 0 bridgehead atoms. The second-order valence-corrected chi connectivity index (χ2v) is 15.4. The Balaban J connectivity index is 1.31. The van der Waals surface area contributed by atoms with Crippen molar-refractivity contribution in [1.29, 1.82) is 0 Å². The molecule has 6 nitrogen and oxygen atoms in total. The molecule has 7 aromatic rings. The average molecular weight is 762 g/mol. The summed E-state index contributed by atoms with van der Waals surface area (Å²) >= 11 is 12.8. The largest absolute Gasteiger partial charge is 0.358 e. The predicted octanol–water partition coefficient (Wildman–Crippen LogP) is 12.9. The van der Waals surface area contributed by atoms with Crippen molar-refractivity contribution in [3.63, 3.8) is 0 Å². The molecule has 4 unspecified atom stereocenters. The van der Waals surface area contributed by atoms with Gasteiger partial charge in [0.05, 0.1) is 0 Å². The summed E-state index contributed by atoms with van der Waals surface area (Å²) in [5, 5.41) is 10.6. The Hall–Kier alpha value is -5.56. The molecule has 55 heavy (non-hydrogen) atoms. The van der Waals surface area contributed by atoms with Gasteiger partial charge in [-0.05, 0) is 78.8 Å². The van der Waals surface area contributed by atoms with Gasteiger partial charge in [0.1, 0.15) is 22.8 Å². The molecule has 8 heteroatoms. The third-order valence-corrected chi connectivity index (χ3v) is 11.8. The van der Waals surface area contributed by atoms with Gasteiger partial charge in [0, 0.05) is 51.1 Å². The Kier molecular flexibility index (Phi) is 9.55. The van der Waals surface area contributed by atoms with Crippen molar-refractivity contribution in [1.82, 2.24) is 10.3 Å². The number of aromatic nitrogens is 2. The van der Waals surface area contributed by atoms with Crippen LogP contribution in [0.2, 0.25) is 10.0 Å². The number of nitrogens with zero attached hydrogens (tertiary/aromatic N) is 4. The van der Waals surface area contributed by atoms with Crippen LogP contribution in [0.5, 0.6) is 0 Å². The number of halogens is 2. The highest BCUT2D eigenvalue weighted by molar-refractivity contribution is 6.31. The second-order valence-electron chi connectivity index (χ2n) is 14.5. The van der Waals surface area contributed by atoms with Crippen LogP contribution >= 0.6 is 23.2 Å². The maximum absolute atomic E-state index is 6.53. The zero-order valence-corrected chi connectivity index (χ0v) is 32.0. The minimum absolute atomic E-state index is 0.0711. The lowest BCUT2D eigenvalue weighted by molar-refractivity contribution is 0.259. The van der Waals surface area contributed by atoms with Crippen LogP contribution in [0.4, 0.5) is 11.4 Å². The summed E-state index contributed by atoms with van der Waals surface area (Å²) in [4.78, 5) is 10.8. The van der Waals surface area contributed by atoms with E-state index in [-0.39, 0.29) is 29.6 Å². The van der Waals surface area contributed by atoms with Crippen LogP contribution in [0, 0.1) is 13.8 Å². The van der Waals surface area contributed by atoms with E-state index < -0.39 is 0 Å². The molecule has 0 fully saturated rings. The summed E-state index contributed by atoms with van der Waals surface area (Å²) in [7, 11) is 0. The van der Waals surface area contributed by atoms with Crippen molar-refractivity contribution < 1.29 is 9.05 Å². The van der Waals surface area contributed by atoms with E-state index in [0.29, 0.717) is 22.9 Å². The Morgan fingerprint density at radius 3 is 1.29 bits per heavy atom. The lowest BCUT2D eigenvalue weighted by Crippen LogP contribution is -2.29. The molecule has 0 spiro atoms. The standard InChI is InChI=1S/C47H38Cl2N4O2/c1-28-44-46(54-52-28)42(37(30-12-6-3-7-13-30)26-39(50-44)32-18-22-35(48)23-19-32)41(34-16-10-5-11-17-34)43-38(31-14-8-4-9-15-31)27-40(33-20-24-36(49)25-21-33)51-45-29(2)53-55-47(43)45/h3-25,37-38,41-43H,26-27H2,1-2H3. The summed E-state index contributed by atoms with van der Waals surface area (Å²) in [6.45, 7) is 3.95. The van der Waals surface area contributed by atoms with E-state index in [1.807, 2.05) is 38.1 Å². The lowest BCUT2D eigenvalue weighted by atomic mass is 9.62. The van der Waals surface area contributed by atoms with Crippen LogP contribution < -0.4 is 0 Å². The number of hydrogen-bond donors (Lipinski definition) is 0. The molecule has 2 aliphatic rings. The summed E-state index contributed by atoms with van der Waals surface area (Å²) in [6.07, 6.45) is 1.31. The number of rotatable bonds is 7. The highest BCUT2D eigenvalue weighted by Crippen LogP contribution is 2.60. The first-order chi connectivity index (χ1) is 26.9. The van der Waals surface area contributed by atoms with Crippen molar-refractivity contribution >= 4 is 46.0 Å². The average Bonchev–Trinajstić information content (AvgIpc) is 3.64. The summed E-state index contributed by atoms with van der Waals surface area (Å²) in [6, 6.07) is 48.2. The van der Waals surface area contributed by atoms with Crippen LogP contribution in [0.25, 0.3) is 0 Å². The Morgan fingerprint density at radius 1 is 0.509 bits per heavy atom. The van der Waals surface area contributed by atoms with Crippen molar-refractivity contribution in [3.8, 4) is 0 Å². The fourth-order valence-electron chi connectivity index (χ4n) is 8.71. The minimum Gasteiger partial charge on any atom is -0.358 e. The maximum atomic E-state index is 6.53. The SMILES string of the molecule is Cc1noc2c1N=C(c1ccc(Cl)cc1)CC(c1ccccc1)C2C(c1ccccc1)C1c2onc(C)c2N=C(c2ccc(Cl)cc2)CC1c1ccccc1. The smallest absolute Gasteiger partial charge is 0.166 e. The van der Waals surface area contributed by atoms with Crippen LogP contribution in [-0.2, 0) is 0 Å². The fraction of sp³-hybridized carbons (Fsp3) is 0.191. The van der Waals surface area contributed by atoms with Crippen LogP contribution in [0.15, 0.2) is 159 Å². The first-order valence-corrected chi connectivity index (χ1v) is 19.4. The van der Waals surface area contributed by atoms with E-state index >= 15 is 0 Å². The summed E-state index contributed by atoms with van der Waals surface area (Å²) in [5.41, 5.74) is 10.5. The first-order valence-electron chi connectivity index (χ1n) is 18.7. The lowest BCUT2D eigenvalue weighted by Gasteiger charge is -2.39. The van der Waals surface area contributed by atoms with Gasteiger partial charge in [0.15, 0.2) is 11.5 Å². The highest BCUT2D eigenvalue weighted by atomic mass is 35.5. The van der Waals surface area contributed by atoms with Crippen molar-refractivity contribution in [2.45, 2.75) is 56.3 Å². The van der Waals surface area contributed by atoms with E-state index in [1.165, 1.54) is 11.1 Å². The van der Waals surface area contributed by atoms with Gasteiger partial charge in [-0.3, -0.25) is 0 Å². The molecular formula is C47H38Cl2N4O2. The van der Waals surface area contributed by atoms with Gasteiger partial charge >= 0.3 is 0 Å². The molecule has 0 N–H and O–H groups in total. The molecule has 4 heterocycles.